The number of nitrogens with one attached hydrogen (secondary N) is 2. The quantitative estimate of drug-likeness (QED) is 0.716. The Morgan fingerprint density at radius 2 is 1.88 bits per heavy atom. The minimum Gasteiger partial charge on any atom is -0.464 e. The van der Waals surface area contributed by atoms with Crippen LogP contribution >= 0.6 is 0 Å². The number of rotatable bonds is 6. The Morgan fingerprint density at radius 1 is 1.27 bits per heavy atom. The Labute approximate surface area is 154 Å². The van der Waals surface area contributed by atoms with E-state index in [-0.39, 0.29) is 10.9 Å². The van der Waals surface area contributed by atoms with Crippen LogP contribution in [0, 0.1) is 12.3 Å². The number of aryl methyl sites for hydroxylation is 1. The summed E-state index contributed by atoms with van der Waals surface area (Å²) in [5, 5.41) is 5.50. The van der Waals surface area contributed by atoms with Gasteiger partial charge in [0.2, 0.25) is 5.91 Å². The van der Waals surface area contributed by atoms with Crippen LogP contribution in [0.3, 0.4) is 0 Å². The van der Waals surface area contributed by atoms with E-state index < -0.39 is 39.1 Å². The second-order valence-corrected chi connectivity index (χ2v) is 9.58. The van der Waals surface area contributed by atoms with Crippen molar-refractivity contribution in [2.45, 2.75) is 51.1 Å². The number of carbonyl (C=O) groups is 2. The minimum atomic E-state index is -3.64. The molecule has 1 aromatic carbocycles. The normalized spacial score (nSPS) is 19.1. The summed E-state index contributed by atoms with van der Waals surface area (Å²) in [7, 11) is -3.64. The molecule has 0 spiro atoms. The predicted molar refractivity (Wildman–Crippen MR) is 97.1 cm³/mol. The summed E-state index contributed by atoms with van der Waals surface area (Å²) in [6.07, 6.45) is 0.486. The van der Waals surface area contributed by atoms with E-state index in [9.17, 15) is 18.0 Å². The van der Waals surface area contributed by atoms with Crippen LogP contribution in [-0.4, -0.2) is 44.9 Å². The number of esters is 1. The van der Waals surface area contributed by atoms with Crippen LogP contribution in [0.15, 0.2) is 29.2 Å². The standard InChI is InChI=1S/C18H26N2O5S/c1-12-5-7-13(8-6-12)26(23,24)11-19-16(21)15(18(2,3)4)20-14-9-10-25-17(14)22/h5-8,14-15,20H,9-11H2,1-4H3,(H,19,21)/t14-,15?/m0/s1. The van der Waals surface area contributed by atoms with Gasteiger partial charge in [0.05, 0.1) is 17.5 Å². The average molecular weight is 382 g/mol. The summed E-state index contributed by atoms with van der Waals surface area (Å²) < 4.78 is 29.7. The van der Waals surface area contributed by atoms with Crippen LogP contribution in [-0.2, 0) is 24.2 Å². The number of amides is 1. The van der Waals surface area contributed by atoms with Gasteiger partial charge in [-0.05, 0) is 24.5 Å². The fraction of sp³-hybridized carbons (Fsp3) is 0.556. The van der Waals surface area contributed by atoms with Gasteiger partial charge in [-0.1, -0.05) is 38.5 Å². The average Bonchev–Trinajstić information content (AvgIpc) is 2.95. The third-order valence-corrected chi connectivity index (χ3v) is 5.76. The van der Waals surface area contributed by atoms with Gasteiger partial charge < -0.3 is 10.1 Å². The van der Waals surface area contributed by atoms with Crippen molar-refractivity contribution in [3.63, 3.8) is 0 Å². The molecule has 1 aliphatic rings. The van der Waals surface area contributed by atoms with Crippen molar-refractivity contribution in [3.8, 4) is 0 Å². The number of ether oxygens (including phenoxy) is 1. The van der Waals surface area contributed by atoms with E-state index in [1.807, 2.05) is 27.7 Å². The zero-order chi connectivity index (χ0) is 19.5. The Bertz CT molecular complexity index is 766. The predicted octanol–water partition coefficient (Wildman–Crippen LogP) is 1.16. The van der Waals surface area contributed by atoms with Gasteiger partial charge in [0.1, 0.15) is 11.9 Å². The SMILES string of the molecule is Cc1ccc(S(=O)(=O)CNC(=O)C(N[C@H]2CCOC2=O)C(C)(C)C)cc1. The number of cyclic esters (lactones) is 1. The molecule has 8 heteroatoms. The number of hydrogen-bond acceptors (Lipinski definition) is 6. The smallest absolute Gasteiger partial charge is 0.323 e. The fourth-order valence-corrected chi connectivity index (χ4v) is 3.71. The summed E-state index contributed by atoms with van der Waals surface area (Å²) in [6, 6.07) is 5.17. The maximum atomic E-state index is 12.6. The largest absolute Gasteiger partial charge is 0.464 e. The Hall–Kier alpha value is -1.93. The molecule has 1 fully saturated rings. The van der Waals surface area contributed by atoms with Crippen molar-refractivity contribution < 1.29 is 22.7 Å². The van der Waals surface area contributed by atoms with Crippen LogP contribution in [0.2, 0.25) is 0 Å². The lowest BCUT2D eigenvalue weighted by molar-refractivity contribution is -0.140. The zero-order valence-electron chi connectivity index (χ0n) is 15.5. The van der Waals surface area contributed by atoms with Crippen molar-refractivity contribution in [1.29, 1.82) is 0 Å². The van der Waals surface area contributed by atoms with Gasteiger partial charge in [-0.15, -0.1) is 0 Å². The molecule has 1 aromatic rings. The van der Waals surface area contributed by atoms with Gasteiger partial charge >= 0.3 is 5.97 Å². The molecule has 1 aliphatic heterocycles. The summed E-state index contributed by atoms with van der Waals surface area (Å²) in [5.74, 6) is -1.36. The van der Waals surface area contributed by atoms with E-state index in [0.717, 1.165) is 5.56 Å². The summed E-state index contributed by atoms with van der Waals surface area (Å²) >= 11 is 0. The van der Waals surface area contributed by atoms with Gasteiger partial charge in [-0.25, -0.2) is 8.42 Å². The van der Waals surface area contributed by atoms with Gasteiger partial charge in [0.15, 0.2) is 9.84 Å². The lowest BCUT2D eigenvalue weighted by Gasteiger charge is -2.31. The van der Waals surface area contributed by atoms with E-state index in [2.05, 4.69) is 10.6 Å². The number of carbonyl (C=O) groups excluding carboxylic acids is 2. The van der Waals surface area contributed by atoms with Crippen molar-refractivity contribution in [1.82, 2.24) is 10.6 Å². The highest BCUT2D eigenvalue weighted by Crippen LogP contribution is 2.22. The molecular formula is C18H26N2O5S. The Morgan fingerprint density at radius 3 is 2.38 bits per heavy atom. The first-order valence-electron chi connectivity index (χ1n) is 8.50. The van der Waals surface area contributed by atoms with Gasteiger partial charge in [0, 0.05) is 6.42 Å². The first-order chi connectivity index (χ1) is 12.0. The first kappa shape index (κ1) is 20.4. The van der Waals surface area contributed by atoms with Crippen LogP contribution < -0.4 is 10.6 Å². The number of hydrogen-bond donors (Lipinski definition) is 2. The molecule has 1 saturated heterocycles. The van der Waals surface area contributed by atoms with E-state index in [1.165, 1.54) is 12.1 Å². The first-order valence-corrected chi connectivity index (χ1v) is 10.2. The molecule has 0 aliphatic carbocycles. The summed E-state index contributed by atoms with van der Waals surface area (Å²) in [6.45, 7) is 7.72. The van der Waals surface area contributed by atoms with Crippen LogP contribution in [0.4, 0.5) is 0 Å². The second kappa shape index (κ2) is 7.75. The van der Waals surface area contributed by atoms with Gasteiger partial charge in [0.25, 0.3) is 0 Å². The maximum Gasteiger partial charge on any atom is 0.323 e. The highest BCUT2D eigenvalue weighted by Gasteiger charge is 2.37. The minimum absolute atomic E-state index is 0.156. The lowest BCUT2D eigenvalue weighted by atomic mass is 9.85. The van der Waals surface area contributed by atoms with E-state index >= 15 is 0 Å². The van der Waals surface area contributed by atoms with Crippen molar-refractivity contribution in [3.05, 3.63) is 29.8 Å². The van der Waals surface area contributed by atoms with E-state index in [0.29, 0.717) is 13.0 Å². The van der Waals surface area contributed by atoms with E-state index in [1.54, 1.807) is 12.1 Å². The molecule has 0 aromatic heterocycles. The number of sulfone groups is 1. The molecule has 2 N–H and O–H groups in total. The Kier molecular flexibility index (Phi) is 6.08. The fourth-order valence-electron chi connectivity index (χ4n) is 2.66. The molecule has 2 atom stereocenters. The maximum absolute atomic E-state index is 12.6. The van der Waals surface area contributed by atoms with Crippen molar-refractivity contribution in [2.75, 3.05) is 12.5 Å². The lowest BCUT2D eigenvalue weighted by Crippen LogP contribution is -2.56. The molecule has 2 rings (SSSR count). The number of benzene rings is 1. The molecule has 0 radical (unpaired) electrons. The molecule has 26 heavy (non-hydrogen) atoms. The van der Waals surface area contributed by atoms with Crippen LogP contribution in [0.25, 0.3) is 0 Å². The topological polar surface area (TPSA) is 102 Å². The zero-order valence-corrected chi connectivity index (χ0v) is 16.4. The van der Waals surface area contributed by atoms with Crippen LogP contribution in [0.1, 0.15) is 32.8 Å². The molecule has 1 heterocycles. The van der Waals surface area contributed by atoms with Crippen molar-refractivity contribution >= 4 is 21.7 Å². The molecule has 144 valence electrons. The molecule has 1 amide bonds. The highest BCUT2D eigenvalue weighted by atomic mass is 32.2. The molecule has 7 nitrogen and oxygen atoms in total. The highest BCUT2D eigenvalue weighted by molar-refractivity contribution is 7.91. The second-order valence-electron chi connectivity index (χ2n) is 7.59. The van der Waals surface area contributed by atoms with Gasteiger partial charge in [-0.2, -0.15) is 0 Å². The van der Waals surface area contributed by atoms with Crippen LogP contribution in [0.5, 0.6) is 0 Å². The summed E-state index contributed by atoms with van der Waals surface area (Å²) in [4.78, 5) is 24.5. The van der Waals surface area contributed by atoms with Gasteiger partial charge in [-0.3, -0.25) is 14.9 Å². The van der Waals surface area contributed by atoms with E-state index in [4.69, 9.17) is 4.74 Å². The molecule has 0 saturated carbocycles. The summed E-state index contributed by atoms with van der Waals surface area (Å²) in [5.41, 5.74) is 0.439. The molecule has 1 unspecified atom stereocenters. The Balaban J connectivity index is 2.06. The van der Waals surface area contributed by atoms with Crippen molar-refractivity contribution in [2.24, 2.45) is 5.41 Å². The molecular weight excluding hydrogens is 356 g/mol. The monoisotopic (exact) mass is 382 g/mol. The molecule has 0 bridgehead atoms. The third kappa shape index (κ3) is 5.04. The third-order valence-electron chi connectivity index (χ3n) is 4.25.